The first-order chi connectivity index (χ1) is 9.66. The van der Waals surface area contributed by atoms with E-state index in [4.69, 9.17) is 5.73 Å². The van der Waals surface area contributed by atoms with Crippen molar-refractivity contribution in [3.63, 3.8) is 0 Å². The van der Waals surface area contributed by atoms with Crippen LogP contribution in [0.15, 0.2) is 12.5 Å². The summed E-state index contributed by atoms with van der Waals surface area (Å²) in [5.41, 5.74) is 7.08. The fourth-order valence-electron chi connectivity index (χ4n) is 2.98. The minimum atomic E-state index is -0.654. The van der Waals surface area contributed by atoms with Gasteiger partial charge in [-0.05, 0) is 25.3 Å². The monoisotopic (exact) mass is 280 g/mol. The first-order valence-electron chi connectivity index (χ1n) is 7.33. The van der Waals surface area contributed by atoms with Gasteiger partial charge in [0.1, 0.15) is 0 Å². The second-order valence-electron chi connectivity index (χ2n) is 5.69. The number of nitrogens with zero attached hydrogens (tertiary/aromatic N) is 1. The molecule has 112 valence electrons. The van der Waals surface area contributed by atoms with Crippen LogP contribution in [0.3, 0.4) is 0 Å². The molecule has 2 rings (SSSR count). The Balaban J connectivity index is 1.70. The van der Waals surface area contributed by atoms with Gasteiger partial charge in [0.2, 0.25) is 0 Å². The normalized spacial score (nSPS) is 24.4. The number of carbonyl (C=O) groups is 1. The molecule has 20 heavy (non-hydrogen) atoms. The van der Waals surface area contributed by atoms with Crippen LogP contribution in [0.4, 0.5) is 0 Å². The van der Waals surface area contributed by atoms with Gasteiger partial charge in [0, 0.05) is 30.9 Å². The predicted octanol–water partition coefficient (Wildman–Crippen LogP) is 0.760. The van der Waals surface area contributed by atoms with E-state index in [-0.39, 0.29) is 17.9 Å². The van der Waals surface area contributed by atoms with Gasteiger partial charge in [-0.15, -0.1) is 0 Å². The Bertz CT molecular complexity index is 407. The number of hydrogen-bond acceptors (Lipinski definition) is 4. The van der Waals surface area contributed by atoms with Crippen LogP contribution in [0.5, 0.6) is 0 Å². The average molecular weight is 280 g/mol. The molecule has 0 aliphatic heterocycles. The van der Waals surface area contributed by atoms with E-state index in [9.17, 15) is 9.90 Å². The van der Waals surface area contributed by atoms with Crippen LogP contribution in [0.2, 0.25) is 0 Å². The predicted molar refractivity (Wildman–Crippen MR) is 76.2 cm³/mol. The molecule has 0 saturated heterocycles. The second-order valence-corrected chi connectivity index (χ2v) is 5.69. The lowest BCUT2D eigenvalue weighted by Crippen LogP contribution is -2.40. The van der Waals surface area contributed by atoms with Gasteiger partial charge in [0.25, 0.3) is 0 Å². The first-order valence-corrected chi connectivity index (χ1v) is 7.33. The number of rotatable bonds is 7. The van der Waals surface area contributed by atoms with Crippen molar-refractivity contribution in [1.82, 2.24) is 15.3 Å². The van der Waals surface area contributed by atoms with Crippen molar-refractivity contribution < 1.29 is 9.90 Å². The molecule has 5 N–H and O–H groups in total. The molecule has 0 spiro atoms. The highest BCUT2D eigenvalue weighted by molar-refractivity contribution is 5.70. The van der Waals surface area contributed by atoms with Crippen LogP contribution < -0.4 is 11.1 Å². The molecule has 1 fully saturated rings. The highest BCUT2D eigenvalue weighted by Gasteiger charge is 2.30. The van der Waals surface area contributed by atoms with Gasteiger partial charge in [-0.3, -0.25) is 4.79 Å². The zero-order chi connectivity index (χ0) is 14.4. The molecule has 6 heteroatoms. The molecule has 0 radical (unpaired) electrons. The second kappa shape index (κ2) is 7.40. The van der Waals surface area contributed by atoms with Crippen LogP contribution in [0.25, 0.3) is 0 Å². The summed E-state index contributed by atoms with van der Waals surface area (Å²) in [5.74, 6) is -0.612. The van der Waals surface area contributed by atoms with E-state index in [0.717, 1.165) is 44.3 Å². The molecule has 3 unspecified atom stereocenters. The SMILES string of the molecule is NC(CNCC1CCCCC1C(=O)O)Cc1cnc[nH]1. The third-order valence-electron chi connectivity index (χ3n) is 4.08. The number of hydrogen-bond donors (Lipinski definition) is 4. The maximum Gasteiger partial charge on any atom is 0.306 e. The minimum absolute atomic E-state index is 0.0160. The minimum Gasteiger partial charge on any atom is -0.481 e. The van der Waals surface area contributed by atoms with E-state index in [2.05, 4.69) is 15.3 Å². The van der Waals surface area contributed by atoms with Gasteiger partial charge in [-0.25, -0.2) is 4.98 Å². The molecule has 1 aromatic heterocycles. The van der Waals surface area contributed by atoms with Gasteiger partial charge < -0.3 is 21.1 Å². The lowest BCUT2D eigenvalue weighted by Gasteiger charge is -2.29. The van der Waals surface area contributed by atoms with Crippen molar-refractivity contribution in [3.8, 4) is 0 Å². The number of imidazole rings is 1. The van der Waals surface area contributed by atoms with Crippen molar-refractivity contribution in [2.24, 2.45) is 17.6 Å². The van der Waals surface area contributed by atoms with E-state index in [1.54, 1.807) is 12.5 Å². The third-order valence-corrected chi connectivity index (χ3v) is 4.08. The summed E-state index contributed by atoms with van der Waals surface area (Å²) in [6.45, 7) is 1.44. The van der Waals surface area contributed by atoms with Crippen LogP contribution in [0.1, 0.15) is 31.4 Å². The van der Waals surface area contributed by atoms with E-state index in [1.165, 1.54) is 0 Å². The fraction of sp³-hybridized carbons (Fsp3) is 0.714. The van der Waals surface area contributed by atoms with Crippen LogP contribution >= 0.6 is 0 Å². The number of carboxylic acids is 1. The van der Waals surface area contributed by atoms with Gasteiger partial charge in [0.05, 0.1) is 12.2 Å². The molecule has 0 bridgehead atoms. The molecule has 1 aliphatic carbocycles. The Morgan fingerprint density at radius 3 is 3.05 bits per heavy atom. The summed E-state index contributed by atoms with van der Waals surface area (Å²) in [5, 5.41) is 12.6. The first kappa shape index (κ1) is 15.0. The maximum absolute atomic E-state index is 11.2. The summed E-state index contributed by atoms with van der Waals surface area (Å²) in [4.78, 5) is 18.2. The Hall–Kier alpha value is -1.40. The third kappa shape index (κ3) is 4.31. The number of aliphatic carboxylic acids is 1. The average Bonchev–Trinajstić information content (AvgIpc) is 2.92. The Labute approximate surface area is 119 Å². The summed E-state index contributed by atoms with van der Waals surface area (Å²) >= 11 is 0. The molecule has 0 aromatic carbocycles. The number of aromatic amines is 1. The van der Waals surface area contributed by atoms with E-state index in [0.29, 0.717) is 6.54 Å². The Morgan fingerprint density at radius 1 is 1.55 bits per heavy atom. The number of carboxylic acid groups (broad SMARTS) is 1. The van der Waals surface area contributed by atoms with Crippen LogP contribution in [-0.4, -0.2) is 40.2 Å². The van der Waals surface area contributed by atoms with Gasteiger partial charge in [-0.1, -0.05) is 12.8 Å². The zero-order valence-electron chi connectivity index (χ0n) is 11.7. The van der Waals surface area contributed by atoms with E-state index in [1.807, 2.05) is 0 Å². The van der Waals surface area contributed by atoms with E-state index >= 15 is 0 Å². The zero-order valence-corrected chi connectivity index (χ0v) is 11.7. The maximum atomic E-state index is 11.2. The van der Waals surface area contributed by atoms with Crippen molar-refractivity contribution in [3.05, 3.63) is 18.2 Å². The van der Waals surface area contributed by atoms with Gasteiger partial charge in [-0.2, -0.15) is 0 Å². The summed E-state index contributed by atoms with van der Waals surface area (Å²) in [6, 6.07) is 0.0160. The van der Waals surface area contributed by atoms with Crippen molar-refractivity contribution >= 4 is 5.97 Å². The lowest BCUT2D eigenvalue weighted by atomic mass is 9.79. The number of nitrogens with one attached hydrogen (secondary N) is 2. The lowest BCUT2D eigenvalue weighted by molar-refractivity contribution is -0.144. The highest BCUT2D eigenvalue weighted by Crippen LogP contribution is 2.29. The molecule has 3 atom stereocenters. The summed E-state index contributed by atoms with van der Waals surface area (Å²) < 4.78 is 0. The Kier molecular flexibility index (Phi) is 5.55. The molecule has 0 amide bonds. The molecule has 6 nitrogen and oxygen atoms in total. The molecule has 1 saturated carbocycles. The molecule has 1 heterocycles. The number of H-pyrrole nitrogens is 1. The molecule has 1 aromatic rings. The number of nitrogens with two attached hydrogens (primary N) is 1. The van der Waals surface area contributed by atoms with Crippen molar-refractivity contribution in [2.75, 3.05) is 13.1 Å². The van der Waals surface area contributed by atoms with Crippen molar-refractivity contribution in [2.45, 2.75) is 38.1 Å². The number of aromatic nitrogens is 2. The molecular weight excluding hydrogens is 256 g/mol. The van der Waals surface area contributed by atoms with E-state index < -0.39 is 5.97 Å². The molecule has 1 aliphatic rings. The molecular formula is C14H24N4O2. The Morgan fingerprint density at radius 2 is 2.35 bits per heavy atom. The topological polar surface area (TPSA) is 104 Å². The summed E-state index contributed by atoms with van der Waals surface area (Å²) in [6.07, 6.45) is 8.15. The van der Waals surface area contributed by atoms with Crippen LogP contribution in [0, 0.1) is 11.8 Å². The summed E-state index contributed by atoms with van der Waals surface area (Å²) in [7, 11) is 0. The van der Waals surface area contributed by atoms with Crippen molar-refractivity contribution in [1.29, 1.82) is 0 Å². The standard InChI is InChI=1S/C14H24N4O2/c15-11(5-12-8-17-9-18-12)7-16-6-10-3-1-2-4-13(10)14(19)20/h8-11,13,16H,1-7,15H2,(H,17,18)(H,19,20). The largest absolute Gasteiger partial charge is 0.481 e. The fourth-order valence-corrected chi connectivity index (χ4v) is 2.98. The van der Waals surface area contributed by atoms with Gasteiger partial charge >= 0.3 is 5.97 Å². The van der Waals surface area contributed by atoms with Gasteiger partial charge in [0.15, 0.2) is 0 Å². The highest BCUT2D eigenvalue weighted by atomic mass is 16.4. The quantitative estimate of drug-likeness (QED) is 0.590. The van der Waals surface area contributed by atoms with Crippen LogP contribution in [-0.2, 0) is 11.2 Å². The smallest absolute Gasteiger partial charge is 0.306 e.